The van der Waals surface area contributed by atoms with Gasteiger partial charge in [0.05, 0.1) is 13.0 Å². The first kappa shape index (κ1) is 41.5. The Labute approximate surface area is 305 Å². The SMILES string of the molecule is CC(C)=CCOC(=O)CCCCCCCCCOC(=O)Cc1ccc(C#Cc2ccc(COC(=O)CCCCCOC3CCCCO3)cc2)cc1. The lowest BCUT2D eigenvalue weighted by Gasteiger charge is -2.22. The number of benzene rings is 2. The molecule has 1 heterocycles. The Morgan fingerprint density at radius 2 is 1.24 bits per heavy atom. The van der Waals surface area contributed by atoms with Crippen LogP contribution in [-0.4, -0.2) is 50.6 Å². The van der Waals surface area contributed by atoms with E-state index in [9.17, 15) is 14.4 Å². The van der Waals surface area contributed by atoms with Gasteiger partial charge in [-0.2, -0.15) is 0 Å². The molecule has 1 atom stereocenters. The summed E-state index contributed by atoms with van der Waals surface area (Å²) in [5, 5.41) is 0. The van der Waals surface area contributed by atoms with Crippen molar-refractivity contribution in [3.05, 3.63) is 82.4 Å². The second kappa shape index (κ2) is 25.9. The van der Waals surface area contributed by atoms with Gasteiger partial charge in [0, 0.05) is 37.2 Å². The number of hydrogen-bond donors (Lipinski definition) is 0. The van der Waals surface area contributed by atoms with E-state index in [4.69, 9.17) is 23.7 Å². The van der Waals surface area contributed by atoms with Crippen molar-refractivity contribution in [2.45, 2.75) is 129 Å². The van der Waals surface area contributed by atoms with Crippen LogP contribution in [0.15, 0.2) is 60.2 Å². The summed E-state index contributed by atoms with van der Waals surface area (Å²) in [7, 11) is 0. The normalized spacial score (nSPS) is 13.8. The molecule has 1 aliphatic rings. The van der Waals surface area contributed by atoms with Crippen molar-refractivity contribution in [3.63, 3.8) is 0 Å². The average molecular weight is 703 g/mol. The van der Waals surface area contributed by atoms with Gasteiger partial charge >= 0.3 is 17.9 Å². The molecule has 1 fully saturated rings. The molecule has 0 aromatic heterocycles. The highest BCUT2D eigenvalue weighted by Crippen LogP contribution is 2.15. The first-order valence-corrected chi connectivity index (χ1v) is 18.9. The van der Waals surface area contributed by atoms with Crippen LogP contribution < -0.4 is 0 Å². The maximum absolute atomic E-state index is 12.3. The quantitative estimate of drug-likeness (QED) is 0.0372. The topological polar surface area (TPSA) is 97.4 Å². The molecule has 2 aromatic rings. The fourth-order valence-electron chi connectivity index (χ4n) is 5.41. The second-order valence-electron chi connectivity index (χ2n) is 13.4. The van der Waals surface area contributed by atoms with E-state index in [0.717, 1.165) is 118 Å². The summed E-state index contributed by atoms with van der Waals surface area (Å²) < 4.78 is 27.3. The van der Waals surface area contributed by atoms with Crippen molar-refractivity contribution in [1.82, 2.24) is 0 Å². The van der Waals surface area contributed by atoms with Crippen molar-refractivity contribution in [3.8, 4) is 11.8 Å². The smallest absolute Gasteiger partial charge is 0.310 e. The Balaban J connectivity index is 1.19. The summed E-state index contributed by atoms with van der Waals surface area (Å²) >= 11 is 0. The van der Waals surface area contributed by atoms with Crippen molar-refractivity contribution in [2.24, 2.45) is 0 Å². The van der Waals surface area contributed by atoms with Crippen LogP contribution in [0.25, 0.3) is 0 Å². The average Bonchev–Trinajstić information content (AvgIpc) is 3.13. The van der Waals surface area contributed by atoms with Gasteiger partial charge in [-0.15, -0.1) is 0 Å². The van der Waals surface area contributed by atoms with Crippen LogP contribution in [0.2, 0.25) is 0 Å². The molecular weight excluding hydrogens is 644 g/mol. The van der Waals surface area contributed by atoms with Crippen molar-refractivity contribution >= 4 is 17.9 Å². The highest BCUT2D eigenvalue weighted by atomic mass is 16.7. The van der Waals surface area contributed by atoms with E-state index < -0.39 is 0 Å². The van der Waals surface area contributed by atoms with E-state index in [1.165, 1.54) is 0 Å². The Bertz CT molecular complexity index is 1370. The predicted molar refractivity (Wildman–Crippen MR) is 199 cm³/mol. The zero-order valence-corrected chi connectivity index (χ0v) is 30.9. The van der Waals surface area contributed by atoms with Crippen LogP contribution in [0.4, 0.5) is 0 Å². The molecule has 0 bridgehead atoms. The lowest BCUT2D eigenvalue weighted by molar-refractivity contribution is -0.163. The molecule has 1 saturated heterocycles. The summed E-state index contributed by atoms with van der Waals surface area (Å²) in [6.45, 7) is 6.48. The number of carbonyl (C=O) groups is 3. The summed E-state index contributed by atoms with van der Waals surface area (Å²) in [5.74, 6) is 5.80. The maximum atomic E-state index is 12.3. The molecular formula is C43H58O8. The molecule has 0 amide bonds. The van der Waals surface area contributed by atoms with Crippen LogP contribution in [0.1, 0.15) is 132 Å². The van der Waals surface area contributed by atoms with Crippen molar-refractivity contribution in [2.75, 3.05) is 26.4 Å². The lowest BCUT2D eigenvalue weighted by atomic mass is 10.1. The van der Waals surface area contributed by atoms with E-state index in [0.29, 0.717) is 32.7 Å². The molecule has 3 rings (SSSR count). The lowest BCUT2D eigenvalue weighted by Crippen LogP contribution is -2.22. The Hall–Kier alpha value is -3.93. The van der Waals surface area contributed by atoms with Gasteiger partial charge < -0.3 is 23.7 Å². The third-order valence-electron chi connectivity index (χ3n) is 8.50. The summed E-state index contributed by atoms with van der Waals surface area (Å²) in [6, 6.07) is 15.3. The minimum Gasteiger partial charge on any atom is -0.465 e. The van der Waals surface area contributed by atoms with Gasteiger partial charge in [0.1, 0.15) is 13.2 Å². The monoisotopic (exact) mass is 702 g/mol. The largest absolute Gasteiger partial charge is 0.465 e. The molecule has 0 spiro atoms. The molecule has 0 radical (unpaired) electrons. The Morgan fingerprint density at radius 3 is 1.86 bits per heavy atom. The molecule has 0 N–H and O–H groups in total. The van der Waals surface area contributed by atoms with Crippen molar-refractivity contribution < 1.29 is 38.1 Å². The van der Waals surface area contributed by atoms with Crippen molar-refractivity contribution in [1.29, 1.82) is 0 Å². The van der Waals surface area contributed by atoms with Gasteiger partial charge in [-0.1, -0.05) is 80.2 Å². The van der Waals surface area contributed by atoms with Crippen LogP contribution in [0, 0.1) is 11.8 Å². The molecule has 8 nitrogen and oxygen atoms in total. The standard InChI is InChI=1S/C43H58O8/c1-35(2)28-32-48-40(44)15-9-6-4-3-5-7-12-29-47-42(46)33-38-24-20-36(21-25-38)18-19-37-22-26-39(27-23-37)34-51-41(45)16-10-8-13-30-49-43-17-11-14-31-50-43/h20-28,43H,3-17,29-34H2,1-2H3. The Kier molecular flexibility index (Phi) is 21.1. The van der Waals surface area contributed by atoms with Gasteiger partial charge in [0.25, 0.3) is 0 Å². The molecule has 8 heteroatoms. The summed E-state index contributed by atoms with van der Waals surface area (Å²) in [6.07, 6.45) is 16.0. The molecule has 1 aliphatic heterocycles. The molecule has 278 valence electrons. The number of ether oxygens (including phenoxy) is 5. The zero-order chi connectivity index (χ0) is 36.4. The zero-order valence-electron chi connectivity index (χ0n) is 30.9. The highest BCUT2D eigenvalue weighted by Gasteiger charge is 2.13. The van der Waals surface area contributed by atoms with Crippen LogP contribution >= 0.6 is 0 Å². The minimum atomic E-state index is -0.220. The first-order valence-electron chi connectivity index (χ1n) is 18.9. The summed E-state index contributed by atoms with van der Waals surface area (Å²) in [4.78, 5) is 36.1. The molecule has 0 aliphatic carbocycles. The molecule has 0 saturated carbocycles. The molecule has 2 aromatic carbocycles. The fraction of sp³-hybridized carbons (Fsp3) is 0.558. The first-order chi connectivity index (χ1) is 24.9. The van der Waals surface area contributed by atoms with Crippen LogP contribution in [0.3, 0.4) is 0 Å². The third kappa shape index (κ3) is 20.5. The van der Waals surface area contributed by atoms with E-state index in [2.05, 4.69) is 11.8 Å². The minimum absolute atomic E-state index is 0.0542. The van der Waals surface area contributed by atoms with E-state index >= 15 is 0 Å². The number of rotatable bonds is 23. The molecule has 1 unspecified atom stereocenters. The van der Waals surface area contributed by atoms with E-state index in [1.54, 1.807) is 0 Å². The maximum Gasteiger partial charge on any atom is 0.310 e. The van der Waals surface area contributed by atoms with Gasteiger partial charge in [-0.05, 0) is 100 Å². The highest BCUT2D eigenvalue weighted by molar-refractivity contribution is 5.72. The second-order valence-corrected chi connectivity index (χ2v) is 13.4. The fourth-order valence-corrected chi connectivity index (χ4v) is 5.41. The number of esters is 3. The van der Waals surface area contributed by atoms with E-state index in [-0.39, 0.29) is 37.2 Å². The number of unbranched alkanes of at least 4 members (excludes halogenated alkanes) is 8. The van der Waals surface area contributed by atoms with Gasteiger partial charge in [-0.3, -0.25) is 14.4 Å². The van der Waals surface area contributed by atoms with Gasteiger partial charge in [-0.25, -0.2) is 0 Å². The van der Waals surface area contributed by atoms with Gasteiger partial charge in [0.15, 0.2) is 6.29 Å². The predicted octanol–water partition coefficient (Wildman–Crippen LogP) is 8.95. The molecule has 51 heavy (non-hydrogen) atoms. The number of hydrogen-bond acceptors (Lipinski definition) is 8. The Morgan fingerprint density at radius 1 is 0.667 bits per heavy atom. The number of allylic oxidation sites excluding steroid dienone is 1. The van der Waals surface area contributed by atoms with E-state index in [1.807, 2.05) is 68.5 Å². The number of carbonyl (C=O) groups excluding carboxylic acids is 3. The van der Waals surface area contributed by atoms with Crippen LogP contribution in [-0.2, 0) is 51.1 Å². The van der Waals surface area contributed by atoms with Crippen LogP contribution in [0.5, 0.6) is 0 Å². The van der Waals surface area contributed by atoms with Gasteiger partial charge in [0.2, 0.25) is 0 Å². The third-order valence-corrected chi connectivity index (χ3v) is 8.50. The summed E-state index contributed by atoms with van der Waals surface area (Å²) in [5.41, 5.74) is 4.69.